The van der Waals surface area contributed by atoms with Crippen LogP contribution in [0.1, 0.15) is 36.0 Å². The number of hydrogen-bond donors (Lipinski definition) is 0. The summed E-state index contributed by atoms with van der Waals surface area (Å²) in [6.07, 6.45) is -0.0809. The molecule has 0 bridgehead atoms. The highest BCUT2D eigenvalue weighted by molar-refractivity contribution is 7.21. The van der Waals surface area contributed by atoms with Gasteiger partial charge in [0.25, 0.3) is 0 Å². The van der Waals surface area contributed by atoms with Crippen molar-refractivity contribution in [1.29, 1.82) is 0 Å². The zero-order chi connectivity index (χ0) is 21.3. The standard InChI is InChI=1S/C20H17Cl2FN2O3S/c1-20(2,3)28-19(27)25(9-11-6-4-5-7-12(11)23)13-8-15(21)24-17-16(22)14(10-26)29-18(13)17/h4-8,10H,9H2,1-3H3. The lowest BCUT2D eigenvalue weighted by atomic mass is 10.2. The maximum atomic E-state index is 14.3. The number of pyridine rings is 1. The van der Waals surface area contributed by atoms with Crippen LogP contribution >= 0.6 is 34.5 Å². The zero-order valence-electron chi connectivity index (χ0n) is 15.8. The van der Waals surface area contributed by atoms with E-state index in [1.54, 1.807) is 39.0 Å². The number of amides is 1. The summed E-state index contributed by atoms with van der Waals surface area (Å²) < 4.78 is 20.3. The maximum absolute atomic E-state index is 14.3. The van der Waals surface area contributed by atoms with Crippen molar-refractivity contribution < 1.29 is 18.7 Å². The molecular formula is C20H17Cl2FN2O3S. The number of carbonyl (C=O) groups is 2. The van der Waals surface area contributed by atoms with Crippen molar-refractivity contribution in [3.63, 3.8) is 0 Å². The molecule has 3 aromatic rings. The van der Waals surface area contributed by atoms with Crippen LogP contribution in [-0.2, 0) is 11.3 Å². The number of rotatable bonds is 4. The third-order valence-corrected chi connectivity index (χ3v) is 5.67. The number of nitrogens with zero attached hydrogens (tertiary/aromatic N) is 2. The molecule has 0 saturated heterocycles. The number of carbonyl (C=O) groups excluding carboxylic acids is 2. The second kappa shape index (κ2) is 8.26. The predicted molar refractivity (Wildman–Crippen MR) is 114 cm³/mol. The minimum absolute atomic E-state index is 0.0757. The summed E-state index contributed by atoms with van der Waals surface area (Å²) in [5.74, 6) is -0.463. The third kappa shape index (κ3) is 4.69. The topological polar surface area (TPSA) is 59.5 Å². The number of benzene rings is 1. The number of thiophene rings is 1. The largest absolute Gasteiger partial charge is 0.443 e. The molecule has 0 atom stereocenters. The van der Waals surface area contributed by atoms with Crippen LogP contribution in [0.15, 0.2) is 30.3 Å². The monoisotopic (exact) mass is 454 g/mol. The highest BCUT2D eigenvalue weighted by atomic mass is 35.5. The molecule has 9 heteroatoms. The van der Waals surface area contributed by atoms with Crippen molar-refractivity contribution in [2.75, 3.05) is 4.90 Å². The number of aldehydes is 1. The highest BCUT2D eigenvalue weighted by Crippen LogP contribution is 2.41. The van der Waals surface area contributed by atoms with Gasteiger partial charge in [0, 0.05) is 11.6 Å². The van der Waals surface area contributed by atoms with Crippen molar-refractivity contribution >= 4 is 62.8 Å². The van der Waals surface area contributed by atoms with Gasteiger partial charge in [-0.15, -0.1) is 11.3 Å². The molecule has 1 amide bonds. The lowest BCUT2D eigenvalue weighted by Gasteiger charge is -2.28. The van der Waals surface area contributed by atoms with E-state index in [0.29, 0.717) is 22.2 Å². The van der Waals surface area contributed by atoms with Gasteiger partial charge in [0.05, 0.1) is 26.8 Å². The predicted octanol–water partition coefficient (Wildman–Crippen LogP) is 6.50. The SMILES string of the molecule is CC(C)(C)OC(=O)N(Cc1ccccc1F)c1cc(Cl)nc2c(Cl)c(C=O)sc12. The lowest BCUT2D eigenvalue weighted by molar-refractivity contribution is 0.0577. The lowest BCUT2D eigenvalue weighted by Crippen LogP contribution is -2.36. The van der Waals surface area contributed by atoms with Crippen molar-refractivity contribution in [1.82, 2.24) is 4.98 Å². The summed E-state index contributed by atoms with van der Waals surface area (Å²) >= 11 is 13.5. The number of hydrogen-bond acceptors (Lipinski definition) is 5. The molecule has 0 unspecified atom stereocenters. The Kier molecular flexibility index (Phi) is 6.12. The molecule has 152 valence electrons. The molecule has 29 heavy (non-hydrogen) atoms. The number of fused-ring (bicyclic) bond motifs is 1. The van der Waals surface area contributed by atoms with Crippen LogP contribution in [0.25, 0.3) is 10.2 Å². The van der Waals surface area contributed by atoms with Gasteiger partial charge >= 0.3 is 6.09 Å². The Balaban J connectivity index is 2.19. The average Bonchev–Trinajstić information content (AvgIpc) is 2.95. The molecular weight excluding hydrogens is 438 g/mol. The minimum atomic E-state index is -0.776. The first-order valence-electron chi connectivity index (χ1n) is 8.58. The molecule has 1 aromatic carbocycles. The molecule has 0 aliphatic heterocycles. The molecule has 0 saturated carbocycles. The van der Waals surface area contributed by atoms with Crippen molar-refractivity contribution in [3.8, 4) is 0 Å². The normalized spacial score (nSPS) is 11.5. The molecule has 0 radical (unpaired) electrons. The highest BCUT2D eigenvalue weighted by Gasteiger charge is 2.28. The van der Waals surface area contributed by atoms with Crippen LogP contribution in [0.4, 0.5) is 14.9 Å². The Hall–Kier alpha value is -2.22. The maximum Gasteiger partial charge on any atom is 0.415 e. The minimum Gasteiger partial charge on any atom is -0.443 e. The number of ether oxygens (including phenoxy) is 1. The summed E-state index contributed by atoms with van der Waals surface area (Å²) in [6, 6.07) is 7.59. The van der Waals surface area contributed by atoms with Crippen molar-refractivity contribution in [2.24, 2.45) is 0 Å². The Bertz CT molecular complexity index is 1100. The van der Waals surface area contributed by atoms with Crippen LogP contribution in [0, 0.1) is 5.82 Å². The van der Waals surface area contributed by atoms with Gasteiger partial charge in [0.2, 0.25) is 0 Å². The van der Waals surface area contributed by atoms with E-state index in [1.165, 1.54) is 17.0 Å². The summed E-state index contributed by atoms with van der Waals surface area (Å²) in [7, 11) is 0. The smallest absolute Gasteiger partial charge is 0.415 e. The van der Waals surface area contributed by atoms with Gasteiger partial charge < -0.3 is 4.74 Å². The van der Waals surface area contributed by atoms with E-state index in [-0.39, 0.29) is 27.2 Å². The van der Waals surface area contributed by atoms with Crippen LogP contribution in [0.3, 0.4) is 0 Å². The second-order valence-corrected chi connectivity index (χ2v) is 9.02. The Morgan fingerprint density at radius 1 is 1.31 bits per heavy atom. The third-order valence-electron chi connectivity index (χ3n) is 3.86. The summed E-state index contributed by atoms with van der Waals surface area (Å²) in [5, 5.41) is 0.227. The molecule has 3 rings (SSSR count). The quantitative estimate of drug-likeness (QED) is 0.333. The fourth-order valence-corrected chi connectivity index (χ4v) is 4.16. The Labute approximate surface area is 181 Å². The number of aromatic nitrogens is 1. The average molecular weight is 455 g/mol. The Morgan fingerprint density at radius 2 is 2.00 bits per heavy atom. The van der Waals surface area contributed by atoms with Gasteiger partial charge in [-0.1, -0.05) is 41.4 Å². The second-order valence-electron chi connectivity index (χ2n) is 7.20. The first-order valence-corrected chi connectivity index (χ1v) is 10.2. The summed E-state index contributed by atoms with van der Waals surface area (Å²) in [4.78, 5) is 30.0. The van der Waals surface area contributed by atoms with Crippen molar-refractivity contribution in [2.45, 2.75) is 32.9 Å². The number of halogens is 3. The first kappa shape index (κ1) is 21.5. The molecule has 0 aliphatic carbocycles. The molecule has 0 spiro atoms. The molecule has 0 N–H and O–H groups in total. The summed E-state index contributed by atoms with van der Waals surface area (Å²) in [6.45, 7) is 5.08. The molecule has 2 heterocycles. The van der Waals surface area contributed by atoms with Gasteiger partial charge in [0.15, 0.2) is 6.29 Å². The van der Waals surface area contributed by atoms with E-state index < -0.39 is 17.5 Å². The van der Waals surface area contributed by atoms with Gasteiger partial charge in [-0.05, 0) is 26.8 Å². The van der Waals surface area contributed by atoms with Gasteiger partial charge in [-0.3, -0.25) is 9.69 Å². The molecule has 5 nitrogen and oxygen atoms in total. The molecule has 2 aromatic heterocycles. The van der Waals surface area contributed by atoms with Gasteiger partial charge in [-0.2, -0.15) is 0 Å². The van der Waals surface area contributed by atoms with E-state index in [0.717, 1.165) is 11.3 Å². The van der Waals surface area contributed by atoms with Gasteiger partial charge in [0.1, 0.15) is 22.1 Å². The fraction of sp³-hybridized carbons (Fsp3) is 0.250. The number of anilines is 1. The Morgan fingerprint density at radius 3 is 2.62 bits per heavy atom. The fourth-order valence-electron chi connectivity index (χ4n) is 2.65. The van der Waals surface area contributed by atoms with Crippen LogP contribution in [0.2, 0.25) is 10.2 Å². The molecule has 0 aliphatic rings. The summed E-state index contributed by atoms with van der Waals surface area (Å²) in [5.41, 5.74) is 0.139. The first-order chi connectivity index (χ1) is 13.6. The van der Waals surface area contributed by atoms with Crippen LogP contribution < -0.4 is 4.90 Å². The van der Waals surface area contributed by atoms with Crippen LogP contribution in [0.5, 0.6) is 0 Å². The van der Waals surface area contributed by atoms with E-state index in [2.05, 4.69) is 4.98 Å². The van der Waals surface area contributed by atoms with Crippen LogP contribution in [-0.4, -0.2) is 23.0 Å². The van der Waals surface area contributed by atoms with Gasteiger partial charge in [-0.25, -0.2) is 14.2 Å². The van der Waals surface area contributed by atoms with E-state index >= 15 is 0 Å². The molecule has 0 fully saturated rings. The zero-order valence-corrected chi connectivity index (χ0v) is 18.2. The van der Waals surface area contributed by atoms with E-state index in [9.17, 15) is 14.0 Å². The van der Waals surface area contributed by atoms with E-state index in [1.807, 2.05) is 0 Å². The van der Waals surface area contributed by atoms with Crippen molar-refractivity contribution in [3.05, 3.63) is 56.8 Å². The van der Waals surface area contributed by atoms with E-state index in [4.69, 9.17) is 27.9 Å².